The third-order valence-electron chi connectivity index (χ3n) is 4.92. The number of tetrazole rings is 1. The zero-order valence-electron chi connectivity index (χ0n) is 17.8. The number of hydrogen-bond donors (Lipinski definition) is 1. The highest BCUT2D eigenvalue weighted by Gasteiger charge is 2.35. The molecule has 0 radical (unpaired) electrons. The monoisotopic (exact) mass is 497 g/mol. The molecular formula is C21H29BrClN5O2. The summed E-state index contributed by atoms with van der Waals surface area (Å²) < 4.78 is 7.69. The molecule has 164 valence electrons. The maximum Gasteiger partial charge on any atom is 0.305 e. The summed E-state index contributed by atoms with van der Waals surface area (Å²) in [5.41, 5.74) is 1.39. The third kappa shape index (κ3) is 6.36. The van der Waals surface area contributed by atoms with Crippen LogP contribution in [0.1, 0.15) is 57.8 Å². The van der Waals surface area contributed by atoms with Crippen molar-refractivity contribution in [2.75, 3.05) is 6.61 Å². The summed E-state index contributed by atoms with van der Waals surface area (Å²) in [6.45, 7) is 11.3. The lowest BCUT2D eigenvalue weighted by Crippen LogP contribution is -2.44. The quantitative estimate of drug-likeness (QED) is 0.334. The average molecular weight is 499 g/mol. The van der Waals surface area contributed by atoms with Gasteiger partial charge in [-0.2, -0.15) is 0 Å². The molecule has 30 heavy (non-hydrogen) atoms. The first-order chi connectivity index (χ1) is 14.3. The Labute approximate surface area is 191 Å². The smallest absolute Gasteiger partial charge is 0.305 e. The minimum absolute atomic E-state index is 0.195. The lowest BCUT2D eigenvalue weighted by molar-refractivity contribution is -0.143. The van der Waals surface area contributed by atoms with Gasteiger partial charge in [0.2, 0.25) is 0 Å². The summed E-state index contributed by atoms with van der Waals surface area (Å²) in [6, 6.07) is 5.84. The summed E-state index contributed by atoms with van der Waals surface area (Å²) in [5, 5.41) is 16.7. The SMILES string of the molecule is C=C(C)Cn1nnnc1C(CC)(CCCC(=O)OCC)NCc1cccc(Br)c1Cl. The van der Waals surface area contributed by atoms with Crippen LogP contribution in [-0.2, 0) is 28.2 Å². The van der Waals surface area contributed by atoms with Crippen LogP contribution in [0, 0.1) is 0 Å². The first-order valence-corrected chi connectivity index (χ1v) is 11.2. The Hall–Kier alpha value is -1.77. The number of nitrogens with zero attached hydrogens (tertiary/aromatic N) is 4. The highest BCUT2D eigenvalue weighted by molar-refractivity contribution is 9.10. The number of carbonyl (C=O) groups excluding carboxylic acids is 1. The molecule has 9 heteroatoms. The van der Waals surface area contributed by atoms with Crippen LogP contribution in [0.4, 0.5) is 0 Å². The Morgan fingerprint density at radius 3 is 2.83 bits per heavy atom. The van der Waals surface area contributed by atoms with E-state index in [0.717, 1.165) is 27.9 Å². The highest BCUT2D eigenvalue weighted by Crippen LogP contribution is 2.32. The molecule has 2 aromatic rings. The zero-order valence-corrected chi connectivity index (χ0v) is 20.1. The first kappa shape index (κ1) is 24.5. The van der Waals surface area contributed by atoms with Crippen molar-refractivity contribution in [3.63, 3.8) is 0 Å². The summed E-state index contributed by atoms with van der Waals surface area (Å²) >= 11 is 9.94. The Morgan fingerprint density at radius 2 is 2.17 bits per heavy atom. The number of halogens is 2. The van der Waals surface area contributed by atoms with Gasteiger partial charge < -0.3 is 10.1 Å². The van der Waals surface area contributed by atoms with E-state index in [1.807, 2.05) is 32.0 Å². The van der Waals surface area contributed by atoms with Gasteiger partial charge in [-0.15, -0.1) is 5.10 Å². The fourth-order valence-corrected chi connectivity index (χ4v) is 3.97. The lowest BCUT2D eigenvalue weighted by Gasteiger charge is -2.33. The third-order valence-corrected chi connectivity index (χ3v) is 6.26. The largest absolute Gasteiger partial charge is 0.466 e. The Kier molecular flexibility index (Phi) is 9.45. The van der Waals surface area contributed by atoms with E-state index in [0.29, 0.717) is 44.0 Å². The van der Waals surface area contributed by atoms with Gasteiger partial charge >= 0.3 is 5.97 Å². The molecule has 0 aliphatic heterocycles. The lowest BCUT2D eigenvalue weighted by atomic mass is 9.88. The molecule has 2 rings (SSSR count). The molecule has 0 spiro atoms. The standard InChI is InChI=1S/C21H29BrClN5O2/c1-5-21(12-8-11-18(29)30-6-2,20-25-26-27-28(20)14-15(3)4)24-13-16-9-7-10-17(22)19(16)23/h7,9-10,24H,3,5-6,8,11-14H2,1-2,4H3. The maximum absolute atomic E-state index is 11.9. The van der Waals surface area contributed by atoms with E-state index < -0.39 is 5.54 Å². The van der Waals surface area contributed by atoms with Crippen molar-refractivity contribution in [3.05, 3.63) is 51.2 Å². The molecule has 7 nitrogen and oxygen atoms in total. The molecule has 1 atom stereocenters. The first-order valence-electron chi connectivity index (χ1n) is 10.1. The molecule has 0 aliphatic carbocycles. The van der Waals surface area contributed by atoms with Crippen LogP contribution >= 0.6 is 27.5 Å². The fraction of sp³-hybridized carbons (Fsp3) is 0.524. The summed E-state index contributed by atoms with van der Waals surface area (Å²) in [4.78, 5) is 11.9. The van der Waals surface area contributed by atoms with E-state index in [2.05, 4.69) is 50.3 Å². The van der Waals surface area contributed by atoms with Crippen molar-refractivity contribution in [2.24, 2.45) is 0 Å². The van der Waals surface area contributed by atoms with Gasteiger partial charge in [0.05, 0.1) is 23.7 Å². The number of esters is 1. The molecule has 0 saturated heterocycles. The van der Waals surface area contributed by atoms with E-state index >= 15 is 0 Å². The van der Waals surface area contributed by atoms with E-state index in [1.54, 1.807) is 4.68 Å². The molecule has 1 aromatic heterocycles. The van der Waals surface area contributed by atoms with E-state index in [4.69, 9.17) is 16.3 Å². The van der Waals surface area contributed by atoms with Gasteiger partial charge in [0.25, 0.3) is 0 Å². The van der Waals surface area contributed by atoms with Crippen LogP contribution in [0.2, 0.25) is 5.02 Å². The van der Waals surface area contributed by atoms with Crippen LogP contribution in [0.15, 0.2) is 34.8 Å². The van der Waals surface area contributed by atoms with Gasteiger partial charge in [0.15, 0.2) is 5.82 Å². The van der Waals surface area contributed by atoms with Gasteiger partial charge in [-0.3, -0.25) is 4.79 Å². The van der Waals surface area contributed by atoms with Crippen LogP contribution in [-0.4, -0.2) is 32.8 Å². The van der Waals surface area contributed by atoms with Crippen LogP contribution in [0.5, 0.6) is 0 Å². The second-order valence-corrected chi connectivity index (χ2v) is 8.51. The second-order valence-electron chi connectivity index (χ2n) is 7.28. The number of ether oxygens (including phenoxy) is 1. The number of aromatic nitrogens is 4. The molecule has 0 bridgehead atoms. The molecular weight excluding hydrogens is 470 g/mol. The number of carbonyl (C=O) groups is 1. The summed E-state index contributed by atoms with van der Waals surface area (Å²) in [5.74, 6) is 0.530. The Balaban J connectivity index is 2.30. The molecule has 0 aliphatic rings. The van der Waals surface area contributed by atoms with Gasteiger partial charge in [0.1, 0.15) is 0 Å². The molecule has 0 saturated carbocycles. The molecule has 0 fully saturated rings. The van der Waals surface area contributed by atoms with Gasteiger partial charge in [-0.1, -0.05) is 42.8 Å². The van der Waals surface area contributed by atoms with Crippen molar-refractivity contribution in [1.82, 2.24) is 25.5 Å². The van der Waals surface area contributed by atoms with Gasteiger partial charge in [0, 0.05) is 17.4 Å². The predicted octanol–water partition coefficient (Wildman–Crippen LogP) is 4.79. The Morgan fingerprint density at radius 1 is 1.40 bits per heavy atom. The second kappa shape index (κ2) is 11.6. The van der Waals surface area contributed by atoms with Crippen molar-refractivity contribution < 1.29 is 9.53 Å². The predicted molar refractivity (Wildman–Crippen MR) is 121 cm³/mol. The molecule has 1 unspecified atom stereocenters. The van der Waals surface area contributed by atoms with Crippen molar-refractivity contribution >= 4 is 33.5 Å². The van der Waals surface area contributed by atoms with Gasteiger partial charge in [-0.05, 0) is 71.1 Å². The van der Waals surface area contributed by atoms with E-state index in [-0.39, 0.29) is 5.97 Å². The summed E-state index contributed by atoms with van der Waals surface area (Å²) in [6.07, 6.45) is 2.39. The maximum atomic E-state index is 11.9. The number of rotatable bonds is 12. The van der Waals surface area contributed by atoms with E-state index in [9.17, 15) is 4.79 Å². The summed E-state index contributed by atoms with van der Waals surface area (Å²) in [7, 11) is 0. The van der Waals surface area contributed by atoms with Crippen LogP contribution in [0.25, 0.3) is 0 Å². The minimum Gasteiger partial charge on any atom is -0.466 e. The molecule has 1 N–H and O–H groups in total. The topological polar surface area (TPSA) is 81.9 Å². The number of benzene rings is 1. The molecule has 0 amide bonds. The number of nitrogens with one attached hydrogen (secondary N) is 1. The van der Waals surface area contributed by atoms with Crippen molar-refractivity contribution in [1.29, 1.82) is 0 Å². The van der Waals surface area contributed by atoms with Crippen LogP contribution < -0.4 is 5.32 Å². The van der Waals surface area contributed by atoms with Crippen molar-refractivity contribution in [3.8, 4) is 0 Å². The molecule has 1 aromatic carbocycles. The average Bonchev–Trinajstić information content (AvgIpc) is 3.16. The molecule has 1 heterocycles. The number of allylic oxidation sites excluding steroid dienone is 1. The fourth-order valence-electron chi connectivity index (χ4n) is 3.37. The van der Waals surface area contributed by atoms with Gasteiger partial charge in [-0.25, -0.2) is 4.68 Å². The van der Waals surface area contributed by atoms with E-state index in [1.165, 1.54) is 0 Å². The van der Waals surface area contributed by atoms with Crippen molar-refractivity contribution in [2.45, 2.75) is 65.1 Å². The van der Waals surface area contributed by atoms with Crippen LogP contribution in [0.3, 0.4) is 0 Å². The normalized spacial score (nSPS) is 13.1. The minimum atomic E-state index is -0.531. The highest BCUT2D eigenvalue weighted by atomic mass is 79.9. The zero-order chi connectivity index (χ0) is 22.1. The Bertz CT molecular complexity index is 873. The number of hydrogen-bond acceptors (Lipinski definition) is 6.